The molecule has 0 aliphatic carbocycles. The van der Waals surface area contributed by atoms with Crippen LogP contribution in [0.1, 0.15) is 31.4 Å². The lowest BCUT2D eigenvalue weighted by Gasteiger charge is -2.11. The van der Waals surface area contributed by atoms with Crippen LogP contribution in [0.25, 0.3) is 0 Å². The molecule has 2 rings (SSSR count). The Hall–Kier alpha value is -1.03. The molecule has 2 aromatic carbocycles. The highest BCUT2D eigenvalue weighted by molar-refractivity contribution is 9.10. The molecule has 0 spiro atoms. The number of benzene rings is 2. The van der Waals surface area contributed by atoms with Crippen LogP contribution in [-0.4, -0.2) is 6.54 Å². The Balaban J connectivity index is 1.85. The van der Waals surface area contributed by atoms with Crippen molar-refractivity contribution in [2.75, 3.05) is 6.54 Å². The van der Waals surface area contributed by atoms with E-state index in [0.29, 0.717) is 6.61 Å². The van der Waals surface area contributed by atoms with Crippen molar-refractivity contribution in [3.8, 4) is 5.75 Å². The quantitative estimate of drug-likeness (QED) is 0.568. The minimum Gasteiger partial charge on any atom is -0.488 e. The van der Waals surface area contributed by atoms with Gasteiger partial charge in [0.1, 0.15) is 12.4 Å². The molecule has 0 radical (unpaired) electrons. The van der Waals surface area contributed by atoms with E-state index in [4.69, 9.17) is 16.3 Å². The summed E-state index contributed by atoms with van der Waals surface area (Å²) in [6.45, 7) is 6.94. The van der Waals surface area contributed by atoms with E-state index in [1.54, 1.807) is 0 Å². The number of nitrogens with one attached hydrogen (secondary N) is 1. The molecule has 0 amide bonds. The summed E-state index contributed by atoms with van der Waals surface area (Å²) < 4.78 is 6.85. The van der Waals surface area contributed by atoms with E-state index in [0.717, 1.165) is 39.8 Å². The first-order valence-electron chi connectivity index (χ1n) is 7.91. The third kappa shape index (κ3) is 6.54. The predicted molar refractivity (Wildman–Crippen MR) is 101 cm³/mol. The molecule has 0 atom stereocenters. The van der Waals surface area contributed by atoms with E-state index in [-0.39, 0.29) is 0 Å². The smallest absolute Gasteiger partial charge is 0.134 e. The van der Waals surface area contributed by atoms with Crippen molar-refractivity contribution in [3.05, 3.63) is 63.1 Å². The molecule has 0 aromatic heterocycles. The zero-order valence-electron chi connectivity index (χ0n) is 13.6. The molecule has 0 saturated carbocycles. The largest absolute Gasteiger partial charge is 0.488 e. The standard InChI is InChI=1S/C19H23BrClNO/c1-14(2)9-10-22-12-16-5-8-19(18(20)11-16)23-13-15-3-6-17(21)7-4-15/h3-8,11,14,22H,9-10,12-13H2,1-2H3. The average molecular weight is 397 g/mol. The van der Waals surface area contributed by atoms with Crippen molar-refractivity contribution >= 4 is 27.5 Å². The van der Waals surface area contributed by atoms with Crippen molar-refractivity contribution in [2.45, 2.75) is 33.4 Å². The lowest BCUT2D eigenvalue weighted by Crippen LogP contribution is -2.16. The Morgan fingerprint density at radius 1 is 1.09 bits per heavy atom. The van der Waals surface area contributed by atoms with Crippen LogP contribution in [0.2, 0.25) is 5.02 Å². The van der Waals surface area contributed by atoms with Crippen LogP contribution in [0.4, 0.5) is 0 Å². The summed E-state index contributed by atoms with van der Waals surface area (Å²) in [5.74, 6) is 1.59. The van der Waals surface area contributed by atoms with Gasteiger partial charge in [0.05, 0.1) is 4.47 Å². The molecule has 0 fully saturated rings. The average Bonchev–Trinajstić information content (AvgIpc) is 2.52. The van der Waals surface area contributed by atoms with Crippen molar-refractivity contribution in [3.63, 3.8) is 0 Å². The first-order chi connectivity index (χ1) is 11.0. The highest BCUT2D eigenvalue weighted by Crippen LogP contribution is 2.27. The van der Waals surface area contributed by atoms with Crippen LogP contribution in [-0.2, 0) is 13.2 Å². The lowest BCUT2D eigenvalue weighted by molar-refractivity contribution is 0.304. The van der Waals surface area contributed by atoms with Crippen LogP contribution in [0, 0.1) is 5.92 Å². The maximum Gasteiger partial charge on any atom is 0.134 e. The van der Waals surface area contributed by atoms with Gasteiger partial charge in [-0.1, -0.05) is 43.6 Å². The fraction of sp³-hybridized carbons (Fsp3) is 0.368. The lowest BCUT2D eigenvalue weighted by atomic mass is 10.1. The molecule has 4 heteroatoms. The van der Waals surface area contributed by atoms with Crippen molar-refractivity contribution < 1.29 is 4.74 Å². The maximum atomic E-state index is 5.89. The van der Waals surface area contributed by atoms with Gasteiger partial charge >= 0.3 is 0 Å². The van der Waals surface area contributed by atoms with Crippen LogP contribution in [0.5, 0.6) is 5.75 Å². The van der Waals surface area contributed by atoms with Gasteiger partial charge in [0, 0.05) is 11.6 Å². The SMILES string of the molecule is CC(C)CCNCc1ccc(OCc2ccc(Cl)cc2)c(Br)c1. The third-order valence-electron chi connectivity index (χ3n) is 3.53. The number of hydrogen-bond acceptors (Lipinski definition) is 2. The van der Waals surface area contributed by atoms with Crippen LogP contribution in [0.15, 0.2) is 46.9 Å². The minimum absolute atomic E-state index is 0.530. The van der Waals surface area contributed by atoms with Gasteiger partial charge < -0.3 is 10.1 Å². The summed E-state index contributed by atoms with van der Waals surface area (Å²) in [5.41, 5.74) is 2.35. The van der Waals surface area contributed by atoms with Crippen molar-refractivity contribution in [1.82, 2.24) is 5.32 Å². The van der Waals surface area contributed by atoms with Gasteiger partial charge in [0.2, 0.25) is 0 Å². The van der Waals surface area contributed by atoms with E-state index in [1.165, 1.54) is 12.0 Å². The molecule has 0 unspecified atom stereocenters. The molecular weight excluding hydrogens is 374 g/mol. The first kappa shape index (κ1) is 18.3. The Kier molecular flexibility index (Phi) is 7.41. The highest BCUT2D eigenvalue weighted by Gasteiger charge is 2.04. The minimum atomic E-state index is 0.530. The molecule has 1 N–H and O–H groups in total. The monoisotopic (exact) mass is 395 g/mol. The first-order valence-corrected chi connectivity index (χ1v) is 9.08. The molecular formula is C19H23BrClNO. The summed E-state index contributed by atoms with van der Waals surface area (Å²) in [4.78, 5) is 0. The Bertz CT molecular complexity index is 613. The van der Waals surface area contributed by atoms with Crippen molar-refractivity contribution in [1.29, 1.82) is 0 Å². The van der Waals surface area contributed by atoms with Gasteiger partial charge in [0.15, 0.2) is 0 Å². The van der Waals surface area contributed by atoms with E-state index in [2.05, 4.69) is 47.2 Å². The van der Waals surface area contributed by atoms with Crippen molar-refractivity contribution in [2.24, 2.45) is 5.92 Å². The normalized spacial score (nSPS) is 11.0. The topological polar surface area (TPSA) is 21.3 Å². The molecule has 23 heavy (non-hydrogen) atoms. The maximum absolute atomic E-state index is 5.89. The fourth-order valence-electron chi connectivity index (χ4n) is 2.14. The zero-order valence-corrected chi connectivity index (χ0v) is 16.0. The Morgan fingerprint density at radius 2 is 1.78 bits per heavy atom. The number of hydrogen-bond donors (Lipinski definition) is 1. The van der Waals surface area contributed by atoms with Gasteiger partial charge in [-0.2, -0.15) is 0 Å². The molecule has 0 saturated heterocycles. The van der Waals surface area contributed by atoms with Crippen LogP contribution in [0.3, 0.4) is 0 Å². The Labute approximate surface area is 152 Å². The molecule has 0 heterocycles. The fourth-order valence-corrected chi connectivity index (χ4v) is 2.80. The van der Waals surface area contributed by atoms with Gasteiger partial charge in [-0.25, -0.2) is 0 Å². The molecule has 0 bridgehead atoms. The van der Waals surface area contributed by atoms with E-state index in [9.17, 15) is 0 Å². The van der Waals surface area contributed by atoms with E-state index < -0.39 is 0 Å². The van der Waals surface area contributed by atoms with E-state index in [1.807, 2.05) is 30.3 Å². The van der Waals surface area contributed by atoms with Gasteiger partial charge in [-0.3, -0.25) is 0 Å². The molecule has 2 nitrogen and oxygen atoms in total. The predicted octanol–water partition coefficient (Wildman–Crippen LogP) is 5.82. The summed E-state index contributed by atoms with van der Waals surface area (Å²) in [7, 11) is 0. The molecule has 0 aliphatic rings. The van der Waals surface area contributed by atoms with E-state index >= 15 is 0 Å². The summed E-state index contributed by atoms with van der Waals surface area (Å²) in [5, 5.41) is 4.21. The summed E-state index contributed by atoms with van der Waals surface area (Å²) in [6.07, 6.45) is 1.20. The zero-order chi connectivity index (χ0) is 16.7. The van der Waals surface area contributed by atoms with Crippen LogP contribution < -0.4 is 10.1 Å². The summed E-state index contributed by atoms with van der Waals surface area (Å²) >= 11 is 9.48. The molecule has 0 aliphatic heterocycles. The highest BCUT2D eigenvalue weighted by atomic mass is 79.9. The Morgan fingerprint density at radius 3 is 2.43 bits per heavy atom. The van der Waals surface area contributed by atoms with Gasteiger partial charge in [0.25, 0.3) is 0 Å². The molecule has 2 aromatic rings. The second kappa shape index (κ2) is 9.31. The number of halogens is 2. The third-order valence-corrected chi connectivity index (χ3v) is 4.40. The number of rotatable bonds is 8. The van der Waals surface area contributed by atoms with Gasteiger partial charge in [-0.15, -0.1) is 0 Å². The van der Waals surface area contributed by atoms with Crippen LogP contribution >= 0.6 is 27.5 Å². The van der Waals surface area contributed by atoms with Gasteiger partial charge in [-0.05, 0) is 70.2 Å². The summed E-state index contributed by atoms with van der Waals surface area (Å²) in [6, 6.07) is 13.9. The number of ether oxygens (including phenoxy) is 1. The molecule has 124 valence electrons. The second-order valence-corrected chi connectivity index (χ2v) is 7.33. The second-order valence-electron chi connectivity index (χ2n) is 6.04.